The number of nitrogens with one attached hydrogen (secondary N) is 2. The van der Waals surface area contributed by atoms with Gasteiger partial charge in [0.1, 0.15) is 0 Å². The van der Waals surface area contributed by atoms with E-state index in [1.807, 2.05) is 0 Å². The first-order valence-electron chi connectivity index (χ1n) is 7.70. The summed E-state index contributed by atoms with van der Waals surface area (Å²) in [7, 11) is 0. The average molecular weight is 354 g/mol. The van der Waals surface area contributed by atoms with E-state index < -0.39 is 24.0 Å². The van der Waals surface area contributed by atoms with E-state index in [1.54, 1.807) is 60.7 Å². The largest absolute Gasteiger partial charge is 0.378 e. The van der Waals surface area contributed by atoms with E-state index >= 15 is 0 Å². The van der Waals surface area contributed by atoms with E-state index in [1.165, 1.54) is 0 Å². The fourth-order valence-corrected chi connectivity index (χ4v) is 1.96. The van der Waals surface area contributed by atoms with Crippen molar-refractivity contribution >= 4 is 24.2 Å². The van der Waals surface area contributed by atoms with Crippen molar-refractivity contribution in [2.24, 2.45) is 10.2 Å². The Kier molecular flexibility index (Phi) is 7.17. The van der Waals surface area contributed by atoms with Crippen LogP contribution in [0.3, 0.4) is 0 Å². The maximum atomic E-state index is 11.7. The lowest BCUT2D eigenvalue weighted by Crippen LogP contribution is -2.26. The molecule has 26 heavy (non-hydrogen) atoms. The normalized spacial score (nSPS) is 13.5. The number of benzene rings is 2. The van der Waals surface area contributed by atoms with Crippen molar-refractivity contribution in [1.82, 2.24) is 10.9 Å². The summed E-state index contributed by atoms with van der Waals surface area (Å²) in [5.41, 5.74) is 5.17. The molecular formula is C18H18N4O4. The summed E-state index contributed by atoms with van der Waals surface area (Å²) >= 11 is 0. The third kappa shape index (κ3) is 5.62. The standard InChI is InChI=1S/C18H18N4O4/c23-15(13-7-3-1-4-8-13)17(25)21-19-11-12-20-22-18(26)16(24)14-9-5-2-6-10-14/h1-12,15-16,23-24H,(H,21,25)(H,22,26). The molecule has 0 fully saturated rings. The van der Waals surface area contributed by atoms with Crippen LogP contribution in [0.1, 0.15) is 23.3 Å². The van der Waals surface area contributed by atoms with Crippen LogP contribution >= 0.6 is 0 Å². The van der Waals surface area contributed by atoms with Crippen LogP contribution in [-0.2, 0) is 9.59 Å². The molecule has 2 aromatic carbocycles. The van der Waals surface area contributed by atoms with Crippen molar-refractivity contribution in [1.29, 1.82) is 0 Å². The summed E-state index contributed by atoms with van der Waals surface area (Å²) in [5.74, 6) is -1.41. The lowest BCUT2D eigenvalue weighted by Gasteiger charge is -2.08. The van der Waals surface area contributed by atoms with Crippen LogP contribution in [0.25, 0.3) is 0 Å². The van der Waals surface area contributed by atoms with Gasteiger partial charge in [-0.05, 0) is 11.1 Å². The van der Waals surface area contributed by atoms with Gasteiger partial charge in [0.2, 0.25) is 0 Å². The van der Waals surface area contributed by atoms with Crippen LogP contribution in [-0.4, -0.2) is 34.5 Å². The molecule has 2 atom stereocenters. The Balaban J connectivity index is 1.76. The minimum atomic E-state index is -1.34. The molecule has 8 heteroatoms. The van der Waals surface area contributed by atoms with Crippen molar-refractivity contribution < 1.29 is 19.8 Å². The summed E-state index contributed by atoms with van der Waals surface area (Å²) in [6.45, 7) is 0. The van der Waals surface area contributed by atoms with Crippen LogP contribution in [0.4, 0.5) is 0 Å². The van der Waals surface area contributed by atoms with Crippen LogP contribution in [0.15, 0.2) is 70.9 Å². The van der Waals surface area contributed by atoms with Gasteiger partial charge in [-0.3, -0.25) is 9.59 Å². The first-order valence-corrected chi connectivity index (χ1v) is 7.70. The number of carbonyl (C=O) groups is 2. The summed E-state index contributed by atoms with van der Waals surface area (Å²) < 4.78 is 0. The fourth-order valence-electron chi connectivity index (χ4n) is 1.96. The zero-order chi connectivity index (χ0) is 18.8. The molecule has 2 amide bonds. The van der Waals surface area contributed by atoms with Gasteiger partial charge in [0.15, 0.2) is 12.2 Å². The predicted octanol–water partition coefficient (Wildman–Crippen LogP) is 0.658. The summed E-state index contributed by atoms with van der Waals surface area (Å²) in [4.78, 5) is 23.4. The predicted molar refractivity (Wildman–Crippen MR) is 96.1 cm³/mol. The van der Waals surface area contributed by atoms with E-state index in [0.29, 0.717) is 11.1 Å². The minimum absolute atomic E-state index is 0.441. The molecule has 8 nitrogen and oxygen atoms in total. The summed E-state index contributed by atoms with van der Waals surface area (Å²) in [6, 6.07) is 16.8. The van der Waals surface area contributed by atoms with Gasteiger partial charge in [-0.1, -0.05) is 60.7 Å². The number of aliphatic hydroxyl groups excluding tert-OH is 2. The number of rotatable bonds is 7. The summed E-state index contributed by atoms with van der Waals surface area (Å²) in [6.07, 6.45) is -0.452. The molecule has 4 N–H and O–H groups in total. The third-order valence-corrected chi connectivity index (χ3v) is 3.29. The highest BCUT2D eigenvalue weighted by atomic mass is 16.3. The molecule has 0 aliphatic carbocycles. The Morgan fingerprint density at radius 3 is 1.42 bits per heavy atom. The third-order valence-electron chi connectivity index (χ3n) is 3.29. The molecule has 0 aliphatic heterocycles. The topological polar surface area (TPSA) is 123 Å². The number of carbonyl (C=O) groups excluding carboxylic acids is 2. The van der Waals surface area contributed by atoms with E-state index in [4.69, 9.17) is 0 Å². The zero-order valence-electron chi connectivity index (χ0n) is 13.7. The van der Waals surface area contributed by atoms with E-state index in [-0.39, 0.29) is 0 Å². The Bertz CT molecular complexity index is 711. The Morgan fingerprint density at radius 1 is 0.731 bits per heavy atom. The second-order valence-corrected chi connectivity index (χ2v) is 5.13. The molecule has 2 aromatic rings. The van der Waals surface area contributed by atoms with Gasteiger partial charge in [-0.15, -0.1) is 0 Å². The zero-order valence-corrected chi connectivity index (χ0v) is 13.7. The Labute approximate surface area is 149 Å². The Morgan fingerprint density at radius 2 is 1.08 bits per heavy atom. The maximum absolute atomic E-state index is 11.7. The van der Waals surface area contributed by atoms with Gasteiger partial charge < -0.3 is 10.2 Å². The van der Waals surface area contributed by atoms with Crippen LogP contribution in [0, 0.1) is 0 Å². The van der Waals surface area contributed by atoms with E-state index in [9.17, 15) is 19.8 Å². The lowest BCUT2D eigenvalue weighted by molar-refractivity contribution is -0.130. The van der Waals surface area contributed by atoms with Crippen molar-refractivity contribution in [3.63, 3.8) is 0 Å². The van der Waals surface area contributed by atoms with Crippen LogP contribution in [0.2, 0.25) is 0 Å². The molecule has 0 spiro atoms. The first kappa shape index (κ1) is 19.0. The second-order valence-electron chi connectivity index (χ2n) is 5.13. The van der Waals surface area contributed by atoms with Gasteiger partial charge in [0.25, 0.3) is 11.8 Å². The fraction of sp³-hybridized carbons (Fsp3) is 0.111. The lowest BCUT2D eigenvalue weighted by atomic mass is 10.1. The second kappa shape index (κ2) is 9.82. The number of nitrogens with zero attached hydrogens (tertiary/aromatic N) is 2. The molecule has 2 rings (SSSR count). The minimum Gasteiger partial charge on any atom is -0.378 e. The molecule has 0 aromatic heterocycles. The van der Waals surface area contributed by atoms with Gasteiger partial charge in [0, 0.05) is 0 Å². The van der Waals surface area contributed by atoms with E-state index in [2.05, 4.69) is 21.1 Å². The van der Waals surface area contributed by atoms with Crippen molar-refractivity contribution in [2.75, 3.05) is 0 Å². The van der Waals surface area contributed by atoms with Gasteiger partial charge in [0.05, 0.1) is 12.4 Å². The van der Waals surface area contributed by atoms with E-state index in [0.717, 1.165) is 12.4 Å². The molecule has 0 saturated carbocycles. The molecule has 2 unspecified atom stereocenters. The molecular weight excluding hydrogens is 336 g/mol. The van der Waals surface area contributed by atoms with Crippen LogP contribution in [0.5, 0.6) is 0 Å². The highest BCUT2D eigenvalue weighted by Gasteiger charge is 2.16. The molecule has 134 valence electrons. The smallest absolute Gasteiger partial charge is 0.273 e. The molecule has 0 bridgehead atoms. The quantitative estimate of drug-likeness (QED) is 0.431. The van der Waals surface area contributed by atoms with Crippen molar-refractivity contribution in [2.45, 2.75) is 12.2 Å². The average Bonchev–Trinajstić information content (AvgIpc) is 2.70. The number of amides is 2. The van der Waals surface area contributed by atoms with Gasteiger partial charge in [-0.25, -0.2) is 10.9 Å². The monoisotopic (exact) mass is 354 g/mol. The summed E-state index contributed by atoms with van der Waals surface area (Å²) in [5, 5.41) is 26.8. The number of hydrogen-bond donors (Lipinski definition) is 4. The van der Waals surface area contributed by atoms with Gasteiger partial charge in [-0.2, -0.15) is 10.2 Å². The molecule has 0 radical (unpaired) electrons. The number of hydrazone groups is 2. The molecule has 0 saturated heterocycles. The van der Waals surface area contributed by atoms with Crippen molar-refractivity contribution in [3.05, 3.63) is 71.8 Å². The highest BCUT2D eigenvalue weighted by molar-refractivity contribution is 6.16. The SMILES string of the molecule is O=C(NN=CC=NNC(=O)C(O)c1ccccc1)C(O)c1ccccc1. The van der Waals surface area contributed by atoms with Gasteiger partial charge >= 0.3 is 0 Å². The molecule has 0 heterocycles. The number of aliphatic hydroxyl groups is 2. The maximum Gasteiger partial charge on any atom is 0.273 e. The Hall–Kier alpha value is -3.36. The van der Waals surface area contributed by atoms with Crippen molar-refractivity contribution in [3.8, 4) is 0 Å². The van der Waals surface area contributed by atoms with Crippen LogP contribution < -0.4 is 10.9 Å². The first-order chi connectivity index (χ1) is 12.6. The number of hydrogen-bond acceptors (Lipinski definition) is 6. The molecule has 0 aliphatic rings. The highest BCUT2D eigenvalue weighted by Crippen LogP contribution is 2.12.